The van der Waals surface area contributed by atoms with Gasteiger partial charge in [-0.15, -0.1) is 0 Å². The molecule has 4 rings (SSSR count). The SMILES string of the molecule is c1cn2c(n1)CN(CC1CC1)CC(CN1CCOCC1)C2. The summed E-state index contributed by atoms with van der Waals surface area (Å²) in [6.07, 6.45) is 6.97. The molecule has 1 aliphatic carbocycles. The molecule has 3 heterocycles. The number of hydrogen-bond donors (Lipinski definition) is 0. The fraction of sp³-hybridized carbons (Fsp3) is 0.812. The first-order valence-electron chi connectivity index (χ1n) is 8.39. The molecule has 1 unspecified atom stereocenters. The van der Waals surface area contributed by atoms with Gasteiger partial charge in [0.1, 0.15) is 5.82 Å². The number of morpholine rings is 1. The number of ether oxygens (including phenoxy) is 1. The van der Waals surface area contributed by atoms with E-state index in [0.717, 1.165) is 45.3 Å². The third-order valence-corrected chi connectivity index (χ3v) is 4.97. The van der Waals surface area contributed by atoms with Crippen molar-refractivity contribution in [1.82, 2.24) is 19.4 Å². The van der Waals surface area contributed by atoms with Crippen LogP contribution in [0.15, 0.2) is 12.4 Å². The average molecular weight is 290 g/mol. The van der Waals surface area contributed by atoms with Gasteiger partial charge in [0.05, 0.1) is 19.8 Å². The van der Waals surface area contributed by atoms with Gasteiger partial charge in [0.2, 0.25) is 0 Å². The van der Waals surface area contributed by atoms with E-state index in [-0.39, 0.29) is 0 Å². The van der Waals surface area contributed by atoms with Crippen LogP contribution in [0.25, 0.3) is 0 Å². The number of rotatable bonds is 4. The van der Waals surface area contributed by atoms with Crippen molar-refractivity contribution in [3.8, 4) is 0 Å². The number of fused-ring (bicyclic) bond motifs is 1. The smallest absolute Gasteiger partial charge is 0.122 e. The Labute approximate surface area is 126 Å². The molecule has 1 atom stereocenters. The Balaban J connectivity index is 1.44. The first-order valence-corrected chi connectivity index (χ1v) is 8.39. The highest BCUT2D eigenvalue weighted by Crippen LogP contribution is 2.31. The molecular formula is C16H26N4O. The van der Waals surface area contributed by atoms with Crippen LogP contribution in [0.4, 0.5) is 0 Å². The molecule has 1 saturated heterocycles. The third-order valence-electron chi connectivity index (χ3n) is 4.97. The van der Waals surface area contributed by atoms with E-state index in [1.807, 2.05) is 6.20 Å². The summed E-state index contributed by atoms with van der Waals surface area (Å²) in [5.41, 5.74) is 0. The lowest BCUT2D eigenvalue weighted by molar-refractivity contribution is 0.0267. The fourth-order valence-electron chi connectivity index (χ4n) is 3.69. The molecule has 1 saturated carbocycles. The quantitative estimate of drug-likeness (QED) is 0.830. The standard InChI is InChI=1S/C16H26N4O/c1-2-14(1)9-19-11-15(10-18-5-7-21-8-6-18)12-20-4-3-17-16(20)13-19/h3-4,14-15H,1-2,5-13H2. The molecule has 5 heteroatoms. The van der Waals surface area contributed by atoms with E-state index in [0.29, 0.717) is 5.92 Å². The molecule has 3 aliphatic rings. The van der Waals surface area contributed by atoms with Crippen molar-refractivity contribution in [3.05, 3.63) is 18.2 Å². The Hall–Kier alpha value is -0.910. The predicted octanol–water partition coefficient (Wildman–Crippen LogP) is 1.06. The normalized spacial score (nSPS) is 28.3. The van der Waals surface area contributed by atoms with Gasteiger partial charge >= 0.3 is 0 Å². The number of hydrogen-bond acceptors (Lipinski definition) is 4. The van der Waals surface area contributed by atoms with Gasteiger partial charge in [-0.25, -0.2) is 4.98 Å². The summed E-state index contributed by atoms with van der Waals surface area (Å²) in [6, 6.07) is 0. The average Bonchev–Trinajstić information content (AvgIpc) is 3.23. The Bertz CT molecular complexity index is 465. The van der Waals surface area contributed by atoms with Crippen LogP contribution in [0, 0.1) is 11.8 Å². The Morgan fingerprint density at radius 2 is 1.86 bits per heavy atom. The minimum atomic E-state index is 0.706. The second-order valence-corrected chi connectivity index (χ2v) is 6.91. The maximum absolute atomic E-state index is 5.47. The zero-order valence-corrected chi connectivity index (χ0v) is 12.8. The molecule has 1 aromatic heterocycles. The summed E-state index contributed by atoms with van der Waals surface area (Å²) >= 11 is 0. The summed E-state index contributed by atoms with van der Waals surface area (Å²) in [7, 11) is 0. The largest absolute Gasteiger partial charge is 0.379 e. The second kappa shape index (κ2) is 6.07. The van der Waals surface area contributed by atoms with E-state index in [9.17, 15) is 0 Å². The Morgan fingerprint density at radius 1 is 1.05 bits per heavy atom. The van der Waals surface area contributed by atoms with Crippen molar-refractivity contribution in [1.29, 1.82) is 0 Å². The molecule has 1 aromatic rings. The zero-order valence-electron chi connectivity index (χ0n) is 12.8. The lowest BCUT2D eigenvalue weighted by atomic mass is 10.1. The van der Waals surface area contributed by atoms with Crippen LogP contribution in [0.3, 0.4) is 0 Å². The van der Waals surface area contributed by atoms with Gasteiger partial charge < -0.3 is 9.30 Å². The van der Waals surface area contributed by atoms with Crippen LogP contribution in [0.5, 0.6) is 0 Å². The van der Waals surface area contributed by atoms with Crippen molar-refractivity contribution >= 4 is 0 Å². The van der Waals surface area contributed by atoms with E-state index in [1.165, 1.54) is 38.3 Å². The molecule has 0 N–H and O–H groups in total. The van der Waals surface area contributed by atoms with Crippen molar-refractivity contribution in [2.75, 3.05) is 45.9 Å². The Kier molecular flexibility index (Phi) is 3.97. The van der Waals surface area contributed by atoms with E-state index in [4.69, 9.17) is 4.74 Å². The van der Waals surface area contributed by atoms with E-state index in [2.05, 4.69) is 25.5 Å². The first-order chi connectivity index (χ1) is 10.4. The Morgan fingerprint density at radius 3 is 2.67 bits per heavy atom. The van der Waals surface area contributed by atoms with Gasteiger partial charge in [0, 0.05) is 57.6 Å². The molecule has 0 amide bonds. The van der Waals surface area contributed by atoms with Gasteiger partial charge in [-0.3, -0.25) is 9.80 Å². The number of aromatic nitrogens is 2. The predicted molar refractivity (Wildman–Crippen MR) is 81.0 cm³/mol. The van der Waals surface area contributed by atoms with Crippen molar-refractivity contribution in [3.63, 3.8) is 0 Å². The number of imidazole rings is 1. The fourth-order valence-corrected chi connectivity index (χ4v) is 3.69. The molecule has 5 nitrogen and oxygen atoms in total. The first kappa shape index (κ1) is 13.7. The van der Waals surface area contributed by atoms with Crippen LogP contribution >= 0.6 is 0 Å². The number of nitrogens with zero attached hydrogens (tertiary/aromatic N) is 4. The topological polar surface area (TPSA) is 33.5 Å². The lowest BCUT2D eigenvalue weighted by Gasteiger charge is -2.31. The molecule has 0 aromatic carbocycles. The monoisotopic (exact) mass is 290 g/mol. The van der Waals surface area contributed by atoms with E-state index in [1.54, 1.807) is 0 Å². The molecule has 21 heavy (non-hydrogen) atoms. The molecule has 0 bridgehead atoms. The minimum Gasteiger partial charge on any atom is -0.379 e. The van der Waals surface area contributed by atoms with Gasteiger partial charge in [-0.05, 0) is 18.8 Å². The van der Waals surface area contributed by atoms with E-state index >= 15 is 0 Å². The molecule has 2 aliphatic heterocycles. The summed E-state index contributed by atoms with van der Waals surface area (Å²) in [5.74, 6) is 2.91. The van der Waals surface area contributed by atoms with Crippen LogP contribution in [-0.2, 0) is 17.8 Å². The van der Waals surface area contributed by atoms with Gasteiger partial charge in [0.15, 0.2) is 0 Å². The summed E-state index contributed by atoms with van der Waals surface area (Å²) in [4.78, 5) is 9.79. The van der Waals surface area contributed by atoms with Crippen LogP contribution in [-0.4, -0.2) is 65.3 Å². The molecule has 116 valence electrons. The summed E-state index contributed by atoms with van der Waals surface area (Å²) in [6.45, 7) is 9.82. The van der Waals surface area contributed by atoms with Gasteiger partial charge in [-0.2, -0.15) is 0 Å². The highest BCUT2D eigenvalue weighted by molar-refractivity contribution is 4.96. The van der Waals surface area contributed by atoms with Crippen molar-refractivity contribution < 1.29 is 4.74 Å². The highest BCUT2D eigenvalue weighted by atomic mass is 16.5. The van der Waals surface area contributed by atoms with Gasteiger partial charge in [0.25, 0.3) is 0 Å². The minimum absolute atomic E-state index is 0.706. The van der Waals surface area contributed by atoms with Gasteiger partial charge in [-0.1, -0.05) is 0 Å². The molecular weight excluding hydrogens is 264 g/mol. The third kappa shape index (κ3) is 3.47. The van der Waals surface area contributed by atoms with Crippen molar-refractivity contribution in [2.45, 2.75) is 25.9 Å². The van der Waals surface area contributed by atoms with Crippen molar-refractivity contribution in [2.24, 2.45) is 11.8 Å². The van der Waals surface area contributed by atoms with E-state index < -0.39 is 0 Å². The van der Waals surface area contributed by atoms with Crippen LogP contribution < -0.4 is 0 Å². The van der Waals surface area contributed by atoms with Crippen LogP contribution in [0.1, 0.15) is 18.7 Å². The molecule has 0 radical (unpaired) electrons. The summed E-state index contributed by atoms with van der Waals surface area (Å²) < 4.78 is 7.85. The summed E-state index contributed by atoms with van der Waals surface area (Å²) in [5, 5.41) is 0. The maximum atomic E-state index is 5.47. The molecule has 2 fully saturated rings. The lowest BCUT2D eigenvalue weighted by Crippen LogP contribution is -2.42. The van der Waals surface area contributed by atoms with Crippen LogP contribution in [0.2, 0.25) is 0 Å². The molecule has 0 spiro atoms. The highest BCUT2D eigenvalue weighted by Gasteiger charge is 2.29. The maximum Gasteiger partial charge on any atom is 0.122 e. The zero-order chi connectivity index (χ0) is 14.1. The second-order valence-electron chi connectivity index (χ2n) is 6.91.